The van der Waals surface area contributed by atoms with Gasteiger partial charge >= 0.3 is 0 Å². The van der Waals surface area contributed by atoms with Gasteiger partial charge in [0.1, 0.15) is 11.3 Å². The quantitative estimate of drug-likeness (QED) is 0.581. The van der Waals surface area contributed by atoms with E-state index >= 15 is 0 Å². The first-order chi connectivity index (χ1) is 12.8. The smallest absolute Gasteiger partial charge is 0.230 e. The Kier molecular flexibility index (Phi) is 6.90. The number of carbonyl (C=O) groups excluding carboxylic acids is 1. The summed E-state index contributed by atoms with van der Waals surface area (Å²) in [6.45, 7) is 1.16. The van der Waals surface area contributed by atoms with Crippen molar-refractivity contribution in [1.82, 2.24) is 10.3 Å². The SMILES string of the molecule is O=C(CSCc1ccccc1)NCCCOc1cccc2cccnc12. The molecule has 1 amide bonds. The Morgan fingerprint density at radius 2 is 1.88 bits per heavy atom. The summed E-state index contributed by atoms with van der Waals surface area (Å²) in [5, 5.41) is 4.00. The van der Waals surface area contributed by atoms with Crippen molar-refractivity contribution in [1.29, 1.82) is 0 Å². The topological polar surface area (TPSA) is 51.2 Å². The maximum Gasteiger partial charge on any atom is 0.230 e. The monoisotopic (exact) mass is 366 g/mol. The molecule has 1 heterocycles. The molecule has 0 aliphatic heterocycles. The third-order valence-electron chi connectivity index (χ3n) is 3.84. The molecule has 0 saturated heterocycles. The molecule has 0 bridgehead atoms. The Labute approximate surface area is 158 Å². The molecular weight excluding hydrogens is 344 g/mol. The van der Waals surface area contributed by atoms with Gasteiger partial charge in [-0.15, -0.1) is 11.8 Å². The molecule has 1 N–H and O–H groups in total. The molecule has 2 aromatic carbocycles. The number of nitrogens with one attached hydrogen (secondary N) is 1. The standard InChI is InChI=1S/C21H22N2O2S/c24-20(16-26-15-17-7-2-1-3-8-17)22-13-6-14-25-19-11-4-9-18-10-5-12-23-21(18)19/h1-5,7-12H,6,13-16H2,(H,22,24). The number of para-hydroxylation sites is 1. The fourth-order valence-corrected chi connectivity index (χ4v) is 3.38. The summed E-state index contributed by atoms with van der Waals surface area (Å²) in [6, 6.07) is 20.0. The minimum atomic E-state index is 0.0674. The van der Waals surface area contributed by atoms with Crippen molar-refractivity contribution < 1.29 is 9.53 Å². The predicted molar refractivity (Wildman–Crippen MR) is 107 cm³/mol. The van der Waals surface area contributed by atoms with Crippen LogP contribution in [0.1, 0.15) is 12.0 Å². The summed E-state index contributed by atoms with van der Waals surface area (Å²) < 4.78 is 5.82. The lowest BCUT2D eigenvalue weighted by Gasteiger charge is -2.09. The Hall–Kier alpha value is -2.53. The largest absolute Gasteiger partial charge is 0.491 e. The number of ether oxygens (including phenoxy) is 1. The van der Waals surface area contributed by atoms with Crippen LogP contribution in [0.4, 0.5) is 0 Å². The van der Waals surface area contributed by atoms with Crippen molar-refractivity contribution in [2.45, 2.75) is 12.2 Å². The van der Waals surface area contributed by atoms with E-state index in [1.165, 1.54) is 5.56 Å². The van der Waals surface area contributed by atoms with Gasteiger partial charge in [0.05, 0.1) is 12.4 Å². The fourth-order valence-electron chi connectivity index (χ4n) is 2.56. The highest BCUT2D eigenvalue weighted by Gasteiger charge is 2.04. The van der Waals surface area contributed by atoms with E-state index in [1.54, 1.807) is 18.0 Å². The van der Waals surface area contributed by atoms with Crippen molar-refractivity contribution >= 4 is 28.6 Å². The van der Waals surface area contributed by atoms with E-state index in [4.69, 9.17) is 4.74 Å². The number of hydrogen-bond acceptors (Lipinski definition) is 4. The Morgan fingerprint density at radius 3 is 2.77 bits per heavy atom. The zero-order valence-electron chi connectivity index (χ0n) is 14.6. The van der Waals surface area contributed by atoms with E-state index in [-0.39, 0.29) is 5.91 Å². The molecule has 5 heteroatoms. The molecule has 0 fully saturated rings. The number of rotatable bonds is 9. The van der Waals surface area contributed by atoms with Gasteiger partial charge in [-0.25, -0.2) is 0 Å². The lowest BCUT2D eigenvalue weighted by molar-refractivity contribution is -0.118. The predicted octanol–water partition coefficient (Wildman–Crippen LogP) is 4.05. The average molecular weight is 366 g/mol. The summed E-state index contributed by atoms with van der Waals surface area (Å²) in [4.78, 5) is 16.2. The summed E-state index contributed by atoms with van der Waals surface area (Å²) in [7, 11) is 0. The molecule has 0 spiro atoms. The molecule has 0 unspecified atom stereocenters. The highest BCUT2D eigenvalue weighted by Crippen LogP contribution is 2.22. The van der Waals surface area contributed by atoms with E-state index in [2.05, 4.69) is 22.4 Å². The van der Waals surface area contributed by atoms with Crippen LogP contribution in [-0.4, -0.2) is 29.8 Å². The van der Waals surface area contributed by atoms with Crippen molar-refractivity contribution in [3.8, 4) is 5.75 Å². The number of aromatic nitrogens is 1. The highest BCUT2D eigenvalue weighted by atomic mass is 32.2. The molecule has 0 aliphatic rings. The Morgan fingerprint density at radius 1 is 1.04 bits per heavy atom. The number of thioether (sulfide) groups is 1. The van der Waals surface area contributed by atoms with Gasteiger partial charge in [0.15, 0.2) is 0 Å². The van der Waals surface area contributed by atoms with Crippen molar-refractivity contribution in [3.63, 3.8) is 0 Å². The molecule has 3 rings (SSSR count). The van der Waals surface area contributed by atoms with Gasteiger partial charge in [-0.3, -0.25) is 9.78 Å². The van der Waals surface area contributed by atoms with E-state index in [9.17, 15) is 4.79 Å². The van der Waals surface area contributed by atoms with Gasteiger partial charge < -0.3 is 10.1 Å². The minimum Gasteiger partial charge on any atom is -0.491 e. The number of nitrogens with zero attached hydrogens (tertiary/aromatic N) is 1. The van der Waals surface area contributed by atoms with E-state index in [1.807, 2.05) is 48.5 Å². The van der Waals surface area contributed by atoms with Crippen LogP contribution in [0, 0.1) is 0 Å². The number of fused-ring (bicyclic) bond motifs is 1. The second kappa shape index (κ2) is 9.82. The van der Waals surface area contributed by atoms with Crippen molar-refractivity contribution in [2.75, 3.05) is 18.9 Å². The molecule has 0 aliphatic carbocycles. The number of pyridine rings is 1. The lowest BCUT2D eigenvalue weighted by Crippen LogP contribution is -2.27. The fraction of sp³-hybridized carbons (Fsp3) is 0.238. The molecule has 1 aromatic heterocycles. The first-order valence-corrected chi connectivity index (χ1v) is 9.83. The molecule has 3 aromatic rings. The maximum absolute atomic E-state index is 11.9. The molecule has 0 saturated carbocycles. The average Bonchev–Trinajstić information content (AvgIpc) is 2.69. The second-order valence-corrected chi connectivity index (χ2v) is 6.85. The van der Waals surface area contributed by atoms with Gasteiger partial charge in [-0.1, -0.05) is 48.5 Å². The summed E-state index contributed by atoms with van der Waals surface area (Å²) in [5.41, 5.74) is 2.11. The van der Waals surface area contributed by atoms with E-state index < -0.39 is 0 Å². The van der Waals surface area contributed by atoms with Gasteiger partial charge in [-0.05, 0) is 24.1 Å². The molecule has 134 valence electrons. The molecule has 0 radical (unpaired) electrons. The van der Waals surface area contributed by atoms with Crippen LogP contribution in [0.2, 0.25) is 0 Å². The first-order valence-electron chi connectivity index (χ1n) is 8.68. The molecule has 0 atom stereocenters. The van der Waals surface area contributed by atoms with Crippen LogP contribution in [0.25, 0.3) is 10.9 Å². The highest BCUT2D eigenvalue weighted by molar-refractivity contribution is 7.99. The third-order valence-corrected chi connectivity index (χ3v) is 4.85. The minimum absolute atomic E-state index is 0.0674. The van der Waals surface area contributed by atoms with Crippen LogP contribution in [0.5, 0.6) is 5.75 Å². The second-order valence-electron chi connectivity index (χ2n) is 5.86. The summed E-state index contributed by atoms with van der Waals surface area (Å²) in [5.74, 6) is 2.18. The number of benzene rings is 2. The van der Waals surface area contributed by atoms with Crippen LogP contribution in [0.15, 0.2) is 66.9 Å². The normalized spacial score (nSPS) is 10.6. The molecule has 4 nitrogen and oxygen atoms in total. The molecule has 26 heavy (non-hydrogen) atoms. The van der Waals surface area contributed by atoms with E-state index in [0.29, 0.717) is 18.9 Å². The lowest BCUT2D eigenvalue weighted by atomic mass is 10.2. The van der Waals surface area contributed by atoms with Crippen LogP contribution in [0.3, 0.4) is 0 Å². The summed E-state index contributed by atoms with van der Waals surface area (Å²) in [6.07, 6.45) is 2.53. The number of amides is 1. The van der Waals surface area contributed by atoms with Gasteiger partial charge in [0, 0.05) is 23.9 Å². The zero-order chi connectivity index (χ0) is 18.0. The third kappa shape index (κ3) is 5.49. The van der Waals surface area contributed by atoms with Gasteiger partial charge in [-0.2, -0.15) is 0 Å². The first kappa shape index (κ1) is 18.3. The van der Waals surface area contributed by atoms with Crippen molar-refractivity contribution in [2.24, 2.45) is 0 Å². The number of hydrogen-bond donors (Lipinski definition) is 1. The van der Waals surface area contributed by atoms with Crippen molar-refractivity contribution in [3.05, 3.63) is 72.4 Å². The van der Waals surface area contributed by atoms with E-state index in [0.717, 1.165) is 28.8 Å². The van der Waals surface area contributed by atoms with Gasteiger partial charge in [0.2, 0.25) is 5.91 Å². The van der Waals surface area contributed by atoms with Gasteiger partial charge in [0.25, 0.3) is 0 Å². The van der Waals surface area contributed by atoms with Crippen LogP contribution < -0.4 is 10.1 Å². The Balaban J connectivity index is 1.32. The zero-order valence-corrected chi connectivity index (χ0v) is 15.4. The number of carbonyl (C=O) groups is 1. The Bertz CT molecular complexity index is 834. The van der Waals surface area contributed by atoms with Crippen LogP contribution in [-0.2, 0) is 10.5 Å². The van der Waals surface area contributed by atoms with Crippen LogP contribution >= 0.6 is 11.8 Å². The molecular formula is C21H22N2O2S. The summed E-state index contributed by atoms with van der Waals surface area (Å²) >= 11 is 1.62. The maximum atomic E-state index is 11.9.